The van der Waals surface area contributed by atoms with Crippen molar-refractivity contribution in [1.29, 1.82) is 0 Å². The zero-order valence-electron chi connectivity index (χ0n) is 13.5. The molecule has 5 rings (SSSR count). The molecule has 2 aromatic heterocycles. The molecule has 118 valence electrons. The molecule has 0 radical (unpaired) electrons. The Balaban J connectivity index is 1.83. The summed E-state index contributed by atoms with van der Waals surface area (Å²) >= 11 is 0. The van der Waals surface area contributed by atoms with Crippen molar-refractivity contribution in [2.45, 2.75) is 0 Å². The van der Waals surface area contributed by atoms with E-state index in [1.165, 1.54) is 16.5 Å². The van der Waals surface area contributed by atoms with Crippen molar-refractivity contribution in [2.24, 2.45) is 0 Å². The van der Waals surface area contributed by atoms with Crippen LogP contribution in [0.4, 0.5) is 0 Å². The molecular formula is C22H15N3. The Labute approximate surface area is 145 Å². The molecule has 25 heavy (non-hydrogen) atoms. The lowest BCUT2D eigenvalue weighted by molar-refractivity contribution is 1.08. The van der Waals surface area contributed by atoms with Crippen molar-refractivity contribution in [2.75, 3.05) is 0 Å². The van der Waals surface area contributed by atoms with E-state index in [1.54, 1.807) is 0 Å². The van der Waals surface area contributed by atoms with Crippen LogP contribution in [0.2, 0.25) is 0 Å². The summed E-state index contributed by atoms with van der Waals surface area (Å²) in [6.07, 6.45) is 0. The average Bonchev–Trinajstić information content (AvgIpc) is 3.08. The monoisotopic (exact) mass is 321 g/mol. The molecule has 0 atom stereocenters. The Kier molecular flexibility index (Phi) is 3.10. The number of rotatable bonds is 2. The van der Waals surface area contributed by atoms with Crippen LogP contribution >= 0.6 is 0 Å². The van der Waals surface area contributed by atoms with Crippen LogP contribution in [0, 0.1) is 0 Å². The van der Waals surface area contributed by atoms with Gasteiger partial charge >= 0.3 is 0 Å². The number of hydrogen-bond donors (Lipinski definition) is 1. The molecular weight excluding hydrogens is 306 g/mol. The van der Waals surface area contributed by atoms with E-state index in [0.29, 0.717) is 0 Å². The molecule has 0 amide bonds. The Morgan fingerprint density at radius 1 is 0.680 bits per heavy atom. The maximum Gasteiger partial charge on any atom is 0.110 e. The number of nitrogens with zero attached hydrogens (tertiary/aromatic N) is 2. The first kappa shape index (κ1) is 13.9. The standard InChI is InChI=1S/C22H15N3/c1-2-8-15(9-3-1)21-17-11-5-7-13-19(17)23-22(21)20-14-16-10-4-6-12-18(16)24-25-20/h1-14,23H. The minimum absolute atomic E-state index is 0.855. The number of H-pyrrole nitrogens is 1. The van der Waals surface area contributed by atoms with E-state index in [9.17, 15) is 0 Å². The lowest BCUT2D eigenvalue weighted by Crippen LogP contribution is -1.91. The van der Waals surface area contributed by atoms with Crippen molar-refractivity contribution in [1.82, 2.24) is 15.2 Å². The number of hydrogen-bond acceptors (Lipinski definition) is 2. The fourth-order valence-corrected chi connectivity index (χ4v) is 3.35. The number of para-hydroxylation sites is 1. The van der Waals surface area contributed by atoms with Gasteiger partial charge in [0.05, 0.1) is 11.2 Å². The molecule has 5 aromatic rings. The highest BCUT2D eigenvalue weighted by atomic mass is 15.1. The highest BCUT2D eigenvalue weighted by molar-refractivity contribution is 6.03. The van der Waals surface area contributed by atoms with Gasteiger partial charge in [-0.25, -0.2) is 0 Å². The number of benzene rings is 3. The third-order valence-electron chi connectivity index (χ3n) is 4.52. The number of aromatic nitrogens is 3. The van der Waals surface area contributed by atoms with Gasteiger partial charge in [0, 0.05) is 21.9 Å². The second kappa shape index (κ2) is 5.56. The first-order valence-corrected chi connectivity index (χ1v) is 8.29. The van der Waals surface area contributed by atoms with Gasteiger partial charge in [0.1, 0.15) is 5.69 Å². The van der Waals surface area contributed by atoms with Crippen LogP contribution in [0.1, 0.15) is 0 Å². The molecule has 0 saturated heterocycles. The molecule has 3 heteroatoms. The fraction of sp³-hybridized carbons (Fsp3) is 0. The number of nitrogens with one attached hydrogen (secondary N) is 1. The zero-order valence-corrected chi connectivity index (χ0v) is 13.5. The van der Waals surface area contributed by atoms with Gasteiger partial charge in [-0.3, -0.25) is 0 Å². The highest BCUT2D eigenvalue weighted by Crippen LogP contribution is 2.37. The Morgan fingerprint density at radius 3 is 2.36 bits per heavy atom. The molecule has 0 bridgehead atoms. The molecule has 0 spiro atoms. The van der Waals surface area contributed by atoms with Crippen LogP contribution in [0.5, 0.6) is 0 Å². The first-order valence-electron chi connectivity index (χ1n) is 8.29. The number of fused-ring (bicyclic) bond motifs is 2. The van der Waals surface area contributed by atoms with E-state index in [-0.39, 0.29) is 0 Å². The van der Waals surface area contributed by atoms with Gasteiger partial charge < -0.3 is 4.98 Å². The smallest absolute Gasteiger partial charge is 0.110 e. The first-order chi connectivity index (χ1) is 12.4. The third-order valence-corrected chi connectivity index (χ3v) is 4.52. The van der Waals surface area contributed by atoms with Crippen LogP contribution in [0.25, 0.3) is 44.3 Å². The van der Waals surface area contributed by atoms with Gasteiger partial charge in [-0.1, -0.05) is 66.7 Å². The van der Waals surface area contributed by atoms with Crippen LogP contribution in [-0.4, -0.2) is 15.2 Å². The quantitative estimate of drug-likeness (QED) is 0.470. The summed E-state index contributed by atoms with van der Waals surface area (Å²) < 4.78 is 0. The minimum atomic E-state index is 0.855. The predicted octanol–water partition coefficient (Wildman–Crippen LogP) is 5.45. The summed E-state index contributed by atoms with van der Waals surface area (Å²) in [7, 11) is 0. The number of aromatic amines is 1. The fourth-order valence-electron chi connectivity index (χ4n) is 3.35. The Bertz CT molecular complexity index is 1190. The summed E-state index contributed by atoms with van der Waals surface area (Å²) in [5.41, 5.74) is 6.21. The maximum atomic E-state index is 4.48. The SMILES string of the molecule is c1ccc(-c2c(-c3cc4ccccc4nn3)[nH]c3ccccc23)cc1. The maximum absolute atomic E-state index is 4.48. The molecule has 0 aliphatic rings. The zero-order chi connectivity index (χ0) is 16.6. The minimum Gasteiger partial charge on any atom is -0.353 e. The summed E-state index contributed by atoms with van der Waals surface area (Å²) in [6.45, 7) is 0. The van der Waals surface area contributed by atoms with Gasteiger partial charge in [-0.05, 0) is 23.8 Å². The second-order valence-corrected chi connectivity index (χ2v) is 6.08. The molecule has 0 saturated carbocycles. The van der Waals surface area contributed by atoms with E-state index in [0.717, 1.165) is 27.8 Å². The highest BCUT2D eigenvalue weighted by Gasteiger charge is 2.16. The third kappa shape index (κ3) is 2.29. The van der Waals surface area contributed by atoms with Gasteiger partial charge in [0.2, 0.25) is 0 Å². The average molecular weight is 321 g/mol. The summed E-state index contributed by atoms with van der Waals surface area (Å²) in [5, 5.41) is 11.2. The molecule has 0 fully saturated rings. The molecule has 1 N–H and O–H groups in total. The molecule has 3 nitrogen and oxygen atoms in total. The van der Waals surface area contributed by atoms with Crippen LogP contribution in [-0.2, 0) is 0 Å². The topological polar surface area (TPSA) is 41.6 Å². The van der Waals surface area contributed by atoms with E-state index < -0.39 is 0 Å². The van der Waals surface area contributed by atoms with Crippen molar-refractivity contribution in [3.63, 3.8) is 0 Å². The van der Waals surface area contributed by atoms with Gasteiger partial charge in [-0.2, -0.15) is 0 Å². The molecule has 2 heterocycles. The normalized spacial score (nSPS) is 11.2. The van der Waals surface area contributed by atoms with E-state index in [4.69, 9.17) is 0 Å². The van der Waals surface area contributed by atoms with E-state index in [2.05, 4.69) is 69.8 Å². The van der Waals surface area contributed by atoms with Crippen LogP contribution < -0.4 is 0 Å². The van der Waals surface area contributed by atoms with Gasteiger partial charge in [0.25, 0.3) is 0 Å². The predicted molar refractivity (Wildman–Crippen MR) is 102 cm³/mol. The summed E-state index contributed by atoms with van der Waals surface area (Å²) in [5.74, 6) is 0. The Hall–Kier alpha value is -3.46. The van der Waals surface area contributed by atoms with Gasteiger partial charge in [0.15, 0.2) is 0 Å². The molecule has 0 aliphatic carbocycles. The second-order valence-electron chi connectivity index (χ2n) is 6.08. The molecule has 3 aromatic carbocycles. The van der Waals surface area contributed by atoms with Gasteiger partial charge in [-0.15, -0.1) is 10.2 Å². The molecule has 0 unspecified atom stereocenters. The van der Waals surface area contributed by atoms with Crippen molar-refractivity contribution >= 4 is 21.8 Å². The van der Waals surface area contributed by atoms with E-state index >= 15 is 0 Å². The van der Waals surface area contributed by atoms with E-state index in [1.807, 2.05) is 30.3 Å². The lowest BCUT2D eigenvalue weighted by atomic mass is 10.0. The lowest BCUT2D eigenvalue weighted by Gasteiger charge is -2.05. The van der Waals surface area contributed by atoms with Crippen molar-refractivity contribution in [3.05, 3.63) is 84.9 Å². The Morgan fingerprint density at radius 2 is 1.44 bits per heavy atom. The summed E-state index contributed by atoms with van der Waals surface area (Å²) in [4.78, 5) is 3.54. The largest absolute Gasteiger partial charge is 0.353 e. The van der Waals surface area contributed by atoms with Crippen molar-refractivity contribution < 1.29 is 0 Å². The van der Waals surface area contributed by atoms with Crippen LogP contribution in [0.3, 0.4) is 0 Å². The van der Waals surface area contributed by atoms with Crippen molar-refractivity contribution in [3.8, 4) is 22.5 Å². The summed E-state index contributed by atoms with van der Waals surface area (Å²) in [6, 6.07) is 28.9. The van der Waals surface area contributed by atoms with Crippen LogP contribution in [0.15, 0.2) is 84.9 Å². The molecule has 0 aliphatic heterocycles.